The van der Waals surface area contributed by atoms with Crippen molar-refractivity contribution in [3.05, 3.63) is 22.4 Å². The Kier molecular flexibility index (Phi) is 5.60. The van der Waals surface area contributed by atoms with Gasteiger partial charge in [0.1, 0.15) is 12.2 Å². The number of aromatic nitrogens is 1. The number of halogens is 1. The lowest BCUT2D eigenvalue weighted by molar-refractivity contribution is -0.143. The van der Waals surface area contributed by atoms with Crippen molar-refractivity contribution in [1.29, 1.82) is 0 Å². The molecular weight excluding hydrogens is 312 g/mol. The first kappa shape index (κ1) is 15.8. The molecule has 0 N–H and O–H groups in total. The van der Waals surface area contributed by atoms with Gasteiger partial charge in [0, 0.05) is 23.8 Å². The number of hydrogen-bond donors (Lipinski definition) is 0. The average Bonchev–Trinajstić information content (AvgIpc) is 2.70. The number of amides is 1. The molecule has 6 heteroatoms. The van der Waals surface area contributed by atoms with Crippen LogP contribution in [0.15, 0.2) is 16.7 Å². The van der Waals surface area contributed by atoms with Gasteiger partial charge in [0.05, 0.1) is 6.61 Å². The maximum Gasteiger partial charge on any atom is 0.325 e. The Morgan fingerprint density at radius 2 is 2.11 bits per heavy atom. The fraction of sp³-hybridized carbons (Fsp3) is 0.538. The third kappa shape index (κ3) is 4.09. The molecule has 0 unspecified atom stereocenters. The molecule has 1 amide bonds. The molecule has 0 saturated heterocycles. The Labute approximate surface area is 121 Å². The Morgan fingerprint density at radius 3 is 2.63 bits per heavy atom. The minimum absolute atomic E-state index is 0.0480. The molecule has 0 atom stereocenters. The summed E-state index contributed by atoms with van der Waals surface area (Å²) in [5.41, 5.74) is 0.550. The molecule has 0 aliphatic rings. The molecule has 0 fully saturated rings. The average molecular weight is 331 g/mol. The summed E-state index contributed by atoms with van der Waals surface area (Å²) in [5.74, 6) is -0.604. The smallest absolute Gasteiger partial charge is 0.325 e. The summed E-state index contributed by atoms with van der Waals surface area (Å²) in [6, 6.07) is 1.92. The van der Waals surface area contributed by atoms with Gasteiger partial charge in [0.15, 0.2) is 0 Å². The van der Waals surface area contributed by atoms with Crippen LogP contribution in [0.3, 0.4) is 0 Å². The second-order valence-corrected chi connectivity index (χ2v) is 5.43. The first-order chi connectivity index (χ1) is 8.86. The Bertz CT molecular complexity index is 468. The van der Waals surface area contributed by atoms with Gasteiger partial charge in [-0.05, 0) is 42.8 Å². The highest BCUT2D eigenvalue weighted by Gasteiger charge is 2.20. The molecule has 19 heavy (non-hydrogen) atoms. The van der Waals surface area contributed by atoms with E-state index in [0.717, 1.165) is 4.47 Å². The number of esters is 1. The number of hydrogen-bond acceptors (Lipinski definition) is 3. The Hall–Kier alpha value is -1.30. The first-order valence-electron chi connectivity index (χ1n) is 6.15. The standard InChI is InChI=1S/C13H19BrN2O3/c1-5-19-12(17)8-15(4)13(18)11-6-10(14)7-16(11)9(2)3/h6-7,9H,5,8H2,1-4H3. The van der Waals surface area contributed by atoms with E-state index in [-0.39, 0.29) is 18.5 Å². The highest BCUT2D eigenvalue weighted by Crippen LogP contribution is 2.20. The monoisotopic (exact) mass is 330 g/mol. The Morgan fingerprint density at radius 1 is 1.47 bits per heavy atom. The number of nitrogens with zero attached hydrogens (tertiary/aromatic N) is 2. The van der Waals surface area contributed by atoms with Crippen LogP contribution in [-0.4, -0.2) is 41.5 Å². The lowest BCUT2D eigenvalue weighted by Crippen LogP contribution is -2.34. The SMILES string of the molecule is CCOC(=O)CN(C)C(=O)c1cc(Br)cn1C(C)C. The molecule has 0 saturated carbocycles. The molecule has 0 aliphatic heterocycles. The van der Waals surface area contributed by atoms with E-state index in [2.05, 4.69) is 15.9 Å². The van der Waals surface area contributed by atoms with Crippen LogP contribution >= 0.6 is 15.9 Å². The largest absolute Gasteiger partial charge is 0.465 e. The molecule has 1 rings (SSSR count). The summed E-state index contributed by atoms with van der Waals surface area (Å²) in [7, 11) is 1.59. The Balaban J connectivity index is 2.85. The molecular formula is C13H19BrN2O3. The van der Waals surface area contributed by atoms with E-state index in [9.17, 15) is 9.59 Å². The van der Waals surface area contributed by atoms with Crippen LogP contribution in [0.5, 0.6) is 0 Å². The number of likely N-dealkylation sites (N-methyl/N-ethyl adjacent to an activating group) is 1. The van der Waals surface area contributed by atoms with E-state index in [0.29, 0.717) is 12.3 Å². The van der Waals surface area contributed by atoms with Gasteiger partial charge in [-0.25, -0.2) is 0 Å². The third-order valence-electron chi connectivity index (χ3n) is 2.61. The van der Waals surface area contributed by atoms with Gasteiger partial charge in [-0.15, -0.1) is 0 Å². The summed E-state index contributed by atoms with van der Waals surface area (Å²) in [5, 5.41) is 0. The summed E-state index contributed by atoms with van der Waals surface area (Å²) < 4.78 is 7.54. The van der Waals surface area contributed by atoms with E-state index in [1.165, 1.54) is 4.90 Å². The predicted octanol–water partition coefficient (Wildman–Crippen LogP) is 2.47. The van der Waals surface area contributed by atoms with Crippen LogP contribution in [0, 0.1) is 0 Å². The maximum atomic E-state index is 12.3. The van der Waals surface area contributed by atoms with Crippen LogP contribution in [0.25, 0.3) is 0 Å². The molecule has 0 aromatic carbocycles. The van der Waals surface area contributed by atoms with Crippen LogP contribution in [0.2, 0.25) is 0 Å². The fourth-order valence-electron chi connectivity index (χ4n) is 1.71. The number of carbonyl (C=O) groups excluding carboxylic acids is 2. The van der Waals surface area contributed by atoms with Crippen LogP contribution in [-0.2, 0) is 9.53 Å². The van der Waals surface area contributed by atoms with Crippen molar-refractivity contribution in [3.8, 4) is 0 Å². The quantitative estimate of drug-likeness (QED) is 0.779. The second-order valence-electron chi connectivity index (χ2n) is 4.51. The molecule has 0 bridgehead atoms. The zero-order chi connectivity index (χ0) is 14.6. The highest BCUT2D eigenvalue weighted by molar-refractivity contribution is 9.10. The van der Waals surface area contributed by atoms with Crippen molar-refractivity contribution in [2.24, 2.45) is 0 Å². The topological polar surface area (TPSA) is 51.5 Å². The fourth-order valence-corrected chi connectivity index (χ4v) is 2.15. The van der Waals surface area contributed by atoms with Crippen molar-refractivity contribution in [1.82, 2.24) is 9.47 Å². The van der Waals surface area contributed by atoms with Crippen molar-refractivity contribution < 1.29 is 14.3 Å². The number of carbonyl (C=O) groups is 2. The van der Waals surface area contributed by atoms with Crippen LogP contribution < -0.4 is 0 Å². The van der Waals surface area contributed by atoms with E-state index >= 15 is 0 Å². The molecule has 0 aliphatic carbocycles. The molecule has 0 spiro atoms. The summed E-state index contributed by atoms with van der Waals surface area (Å²) in [6.45, 7) is 5.99. The van der Waals surface area contributed by atoms with Crippen molar-refractivity contribution in [3.63, 3.8) is 0 Å². The molecule has 5 nitrogen and oxygen atoms in total. The maximum absolute atomic E-state index is 12.3. The zero-order valence-corrected chi connectivity index (χ0v) is 13.2. The zero-order valence-electron chi connectivity index (χ0n) is 11.6. The molecule has 106 valence electrons. The van der Waals surface area contributed by atoms with Gasteiger partial charge in [0.2, 0.25) is 0 Å². The normalized spacial score (nSPS) is 10.6. The minimum atomic E-state index is -0.403. The van der Waals surface area contributed by atoms with Gasteiger partial charge in [-0.1, -0.05) is 0 Å². The number of rotatable bonds is 5. The van der Waals surface area contributed by atoms with Crippen molar-refractivity contribution >= 4 is 27.8 Å². The van der Waals surface area contributed by atoms with Gasteiger partial charge in [-0.3, -0.25) is 9.59 Å². The minimum Gasteiger partial charge on any atom is -0.465 e. The van der Waals surface area contributed by atoms with Crippen molar-refractivity contribution in [2.45, 2.75) is 26.8 Å². The molecule has 1 aromatic rings. The first-order valence-corrected chi connectivity index (χ1v) is 6.94. The van der Waals surface area contributed by atoms with E-state index < -0.39 is 5.97 Å². The van der Waals surface area contributed by atoms with E-state index in [1.807, 2.05) is 24.6 Å². The van der Waals surface area contributed by atoms with Gasteiger partial charge >= 0.3 is 5.97 Å². The third-order valence-corrected chi connectivity index (χ3v) is 3.04. The molecule has 0 radical (unpaired) electrons. The second kappa shape index (κ2) is 6.75. The predicted molar refractivity (Wildman–Crippen MR) is 76.1 cm³/mol. The highest BCUT2D eigenvalue weighted by atomic mass is 79.9. The lowest BCUT2D eigenvalue weighted by atomic mass is 10.3. The van der Waals surface area contributed by atoms with Gasteiger partial charge in [-0.2, -0.15) is 0 Å². The molecule has 1 aromatic heterocycles. The van der Waals surface area contributed by atoms with E-state index in [4.69, 9.17) is 4.74 Å². The number of ether oxygens (including phenoxy) is 1. The van der Waals surface area contributed by atoms with Gasteiger partial charge in [0.25, 0.3) is 5.91 Å². The summed E-state index contributed by atoms with van der Waals surface area (Å²) >= 11 is 3.36. The summed E-state index contributed by atoms with van der Waals surface area (Å²) in [6.07, 6.45) is 1.86. The van der Waals surface area contributed by atoms with Crippen LogP contribution in [0.4, 0.5) is 0 Å². The lowest BCUT2D eigenvalue weighted by Gasteiger charge is -2.18. The van der Waals surface area contributed by atoms with Gasteiger partial charge < -0.3 is 14.2 Å². The van der Waals surface area contributed by atoms with Crippen LogP contribution in [0.1, 0.15) is 37.3 Å². The van der Waals surface area contributed by atoms with Crippen molar-refractivity contribution in [2.75, 3.05) is 20.2 Å². The molecule has 1 heterocycles. The van der Waals surface area contributed by atoms with E-state index in [1.54, 1.807) is 20.0 Å². The summed E-state index contributed by atoms with van der Waals surface area (Å²) in [4.78, 5) is 25.0.